The lowest BCUT2D eigenvalue weighted by Gasteiger charge is -2.19. The first kappa shape index (κ1) is 6.84. The third-order valence-electron chi connectivity index (χ3n) is 2.43. The van der Waals surface area contributed by atoms with E-state index in [2.05, 4.69) is 18.0 Å². The van der Waals surface area contributed by atoms with Gasteiger partial charge in [0.15, 0.2) is 0 Å². The summed E-state index contributed by atoms with van der Waals surface area (Å²) >= 11 is 0. The van der Waals surface area contributed by atoms with E-state index < -0.39 is 0 Å². The smallest absolute Gasteiger partial charge is 0.0438 e. The van der Waals surface area contributed by atoms with E-state index in [1.807, 2.05) is 12.3 Å². The SMILES string of the molecule is C[C@@H]1CCc2cccnc2C1. The van der Waals surface area contributed by atoms with Crippen molar-refractivity contribution in [1.29, 1.82) is 0 Å². The zero-order chi connectivity index (χ0) is 7.68. The fraction of sp³-hybridized carbons (Fsp3) is 0.500. The lowest BCUT2D eigenvalue weighted by molar-refractivity contribution is 0.492. The molecule has 58 valence electrons. The van der Waals surface area contributed by atoms with E-state index in [0.29, 0.717) is 0 Å². The summed E-state index contributed by atoms with van der Waals surface area (Å²) in [6.45, 7) is 2.30. The van der Waals surface area contributed by atoms with Gasteiger partial charge < -0.3 is 0 Å². The molecule has 1 aromatic rings. The number of fused-ring (bicyclic) bond motifs is 1. The monoisotopic (exact) mass is 147 g/mol. The average molecular weight is 147 g/mol. The van der Waals surface area contributed by atoms with Crippen molar-refractivity contribution in [3.8, 4) is 0 Å². The van der Waals surface area contributed by atoms with Crippen LogP contribution in [0, 0.1) is 5.92 Å². The van der Waals surface area contributed by atoms with Crippen LogP contribution in [-0.4, -0.2) is 4.98 Å². The van der Waals surface area contributed by atoms with Crippen LogP contribution in [-0.2, 0) is 12.8 Å². The van der Waals surface area contributed by atoms with Gasteiger partial charge in [0.05, 0.1) is 0 Å². The van der Waals surface area contributed by atoms with Gasteiger partial charge in [-0.1, -0.05) is 13.0 Å². The second-order valence-corrected chi connectivity index (χ2v) is 3.46. The molecule has 2 rings (SSSR count). The molecule has 0 N–H and O–H groups in total. The maximum absolute atomic E-state index is 4.37. The molecular weight excluding hydrogens is 134 g/mol. The Bertz CT molecular complexity index is 255. The Kier molecular flexibility index (Phi) is 1.65. The number of pyridine rings is 1. The summed E-state index contributed by atoms with van der Waals surface area (Å²) in [5, 5.41) is 0. The molecule has 0 spiro atoms. The van der Waals surface area contributed by atoms with Crippen LogP contribution < -0.4 is 0 Å². The molecule has 1 aromatic heterocycles. The lowest BCUT2D eigenvalue weighted by Crippen LogP contribution is -2.12. The van der Waals surface area contributed by atoms with Gasteiger partial charge in [0, 0.05) is 11.9 Å². The summed E-state index contributed by atoms with van der Waals surface area (Å²) in [6, 6.07) is 4.24. The van der Waals surface area contributed by atoms with Gasteiger partial charge in [0.2, 0.25) is 0 Å². The van der Waals surface area contributed by atoms with Crippen molar-refractivity contribution < 1.29 is 0 Å². The molecule has 0 bridgehead atoms. The third kappa shape index (κ3) is 1.28. The number of aryl methyl sites for hydroxylation is 1. The lowest BCUT2D eigenvalue weighted by atomic mass is 9.88. The Morgan fingerprint density at radius 1 is 1.55 bits per heavy atom. The van der Waals surface area contributed by atoms with Crippen molar-refractivity contribution in [2.24, 2.45) is 5.92 Å². The zero-order valence-corrected chi connectivity index (χ0v) is 6.88. The van der Waals surface area contributed by atoms with Gasteiger partial charge in [-0.15, -0.1) is 0 Å². The first-order chi connectivity index (χ1) is 5.36. The molecular formula is C10H13N. The van der Waals surface area contributed by atoms with Gasteiger partial charge in [-0.05, 0) is 36.8 Å². The highest BCUT2D eigenvalue weighted by molar-refractivity contribution is 5.22. The van der Waals surface area contributed by atoms with Crippen LogP contribution in [0.25, 0.3) is 0 Å². The molecule has 0 aliphatic heterocycles. The molecule has 0 fully saturated rings. The molecule has 1 atom stereocenters. The van der Waals surface area contributed by atoms with E-state index in [0.717, 1.165) is 5.92 Å². The molecule has 0 saturated heterocycles. The van der Waals surface area contributed by atoms with Gasteiger partial charge in [-0.3, -0.25) is 4.98 Å². The Balaban J connectivity index is 2.34. The number of hydrogen-bond acceptors (Lipinski definition) is 1. The normalized spacial score (nSPS) is 22.8. The highest BCUT2D eigenvalue weighted by atomic mass is 14.7. The first-order valence-corrected chi connectivity index (χ1v) is 4.29. The van der Waals surface area contributed by atoms with Crippen LogP contribution in [0.5, 0.6) is 0 Å². The molecule has 1 heteroatoms. The van der Waals surface area contributed by atoms with Crippen LogP contribution in [0.15, 0.2) is 18.3 Å². The number of hydrogen-bond donors (Lipinski definition) is 0. The van der Waals surface area contributed by atoms with E-state index in [1.165, 1.54) is 30.5 Å². The first-order valence-electron chi connectivity index (χ1n) is 4.29. The van der Waals surface area contributed by atoms with Gasteiger partial charge in [0.25, 0.3) is 0 Å². The fourth-order valence-electron chi connectivity index (χ4n) is 1.72. The van der Waals surface area contributed by atoms with Crippen molar-refractivity contribution in [1.82, 2.24) is 4.98 Å². The van der Waals surface area contributed by atoms with E-state index in [9.17, 15) is 0 Å². The second kappa shape index (κ2) is 2.65. The van der Waals surface area contributed by atoms with Crippen molar-refractivity contribution >= 4 is 0 Å². The minimum absolute atomic E-state index is 0.831. The Morgan fingerprint density at radius 3 is 3.36 bits per heavy atom. The maximum atomic E-state index is 4.37. The predicted octanol–water partition coefficient (Wildman–Crippen LogP) is 2.21. The molecule has 1 aliphatic carbocycles. The summed E-state index contributed by atoms with van der Waals surface area (Å²) in [5.74, 6) is 0.831. The third-order valence-corrected chi connectivity index (χ3v) is 2.43. The molecule has 0 aromatic carbocycles. The van der Waals surface area contributed by atoms with Crippen molar-refractivity contribution in [2.75, 3.05) is 0 Å². The van der Waals surface area contributed by atoms with Crippen LogP contribution in [0.4, 0.5) is 0 Å². The average Bonchev–Trinajstić information content (AvgIpc) is 2.04. The summed E-state index contributed by atoms with van der Waals surface area (Å²) in [5.41, 5.74) is 2.79. The molecule has 0 saturated carbocycles. The highest BCUT2D eigenvalue weighted by Crippen LogP contribution is 2.22. The van der Waals surface area contributed by atoms with Crippen molar-refractivity contribution in [3.05, 3.63) is 29.6 Å². The summed E-state index contributed by atoms with van der Waals surface area (Å²) in [4.78, 5) is 4.37. The second-order valence-electron chi connectivity index (χ2n) is 3.46. The molecule has 0 radical (unpaired) electrons. The number of nitrogens with zero attached hydrogens (tertiary/aromatic N) is 1. The molecule has 0 unspecified atom stereocenters. The maximum Gasteiger partial charge on any atom is 0.0438 e. The summed E-state index contributed by atoms with van der Waals surface area (Å²) in [6.07, 6.45) is 5.64. The van der Waals surface area contributed by atoms with Gasteiger partial charge in [0.1, 0.15) is 0 Å². The van der Waals surface area contributed by atoms with Gasteiger partial charge in [-0.2, -0.15) is 0 Å². The molecule has 0 amide bonds. The van der Waals surface area contributed by atoms with Gasteiger partial charge in [-0.25, -0.2) is 0 Å². The molecule has 1 nitrogen and oxygen atoms in total. The van der Waals surface area contributed by atoms with Gasteiger partial charge >= 0.3 is 0 Å². The van der Waals surface area contributed by atoms with E-state index in [-0.39, 0.29) is 0 Å². The fourth-order valence-corrected chi connectivity index (χ4v) is 1.72. The largest absolute Gasteiger partial charge is 0.261 e. The number of aromatic nitrogens is 1. The minimum Gasteiger partial charge on any atom is -0.261 e. The quantitative estimate of drug-likeness (QED) is 0.548. The molecule has 1 aliphatic rings. The van der Waals surface area contributed by atoms with E-state index in [4.69, 9.17) is 0 Å². The topological polar surface area (TPSA) is 12.9 Å². The Morgan fingerprint density at radius 2 is 2.45 bits per heavy atom. The molecule has 11 heavy (non-hydrogen) atoms. The van der Waals surface area contributed by atoms with Crippen molar-refractivity contribution in [3.63, 3.8) is 0 Å². The standard InChI is InChI=1S/C10H13N/c1-8-4-5-9-3-2-6-11-10(9)7-8/h2-3,6,8H,4-5,7H2,1H3/t8-/m1/s1. The van der Waals surface area contributed by atoms with Crippen LogP contribution >= 0.6 is 0 Å². The van der Waals surface area contributed by atoms with Crippen molar-refractivity contribution in [2.45, 2.75) is 26.2 Å². The predicted molar refractivity (Wildman–Crippen MR) is 45.4 cm³/mol. The summed E-state index contributed by atoms with van der Waals surface area (Å²) in [7, 11) is 0. The van der Waals surface area contributed by atoms with Crippen LogP contribution in [0.1, 0.15) is 24.6 Å². The minimum atomic E-state index is 0.831. The highest BCUT2D eigenvalue weighted by Gasteiger charge is 2.14. The zero-order valence-electron chi connectivity index (χ0n) is 6.88. The number of rotatable bonds is 0. The van der Waals surface area contributed by atoms with Crippen LogP contribution in [0.2, 0.25) is 0 Å². The Hall–Kier alpha value is -0.850. The van der Waals surface area contributed by atoms with Crippen LogP contribution in [0.3, 0.4) is 0 Å². The van der Waals surface area contributed by atoms with E-state index in [1.54, 1.807) is 0 Å². The van der Waals surface area contributed by atoms with E-state index >= 15 is 0 Å². The Labute approximate surface area is 67.5 Å². The molecule has 1 heterocycles. The summed E-state index contributed by atoms with van der Waals surface area (Å²) < 4.78 is 0.